The second-order valence-corrected chi connectivity index (χ2v) is 6.37. The zero-order chi connectivity index (χ0) is 18.2. The van der Waals surface area contributed by atoms with Crippen LogP contribution in [-0.4, -0.2) is 36.8 Å². The van der Waals surface area contributed by atoms with Crippen LogP contribution in [0.2, 0.25) is 0 Å². The molecule has 0 radical (unpaired) electrons. The van der Waals surface area contributed by atoms with Crippen molar-refractivity contribution in [3.8, 4) is 5.75 Å². The lowest BCUT2D eigenvalue weighted by atomic mass is 10.1. The molecular weight excluding hydrogens is 455 g/mol. The molecule has 1 atom stereocenters. The van der Waals surface area contributed by atoms with Gasteiger partial charge in [0, 0.05) is 38.8 Å². The first-order valence-electron chi connectivity index (χ1n) is 9.11. The van der Waals surface area contributed by atoms with Crippen LogP contribution in [0, 0.1) is 0 Å². The van der Waals surface area contributed by atoms with E-state index in [1.54, 1.807) is 23.7 Å². The summed E-state index contributed by atoms with van der Waals surface area (Å²) in [5.41, 5.74) is 1.31. The summed E-state index contributed by atoms with van der Waals surface area (Å²) in [5.74, 6) is 1.76. The van der Waals surface area contributed by atoms with Crippen molar-refractivity contribution in [2.45, 2.75) is 31.9 Å². The van der Waals surface area contributed by atoms with Gasteiger partial charge in [-0.2, -0.15) is 0 Å². The van der Waals surface area contributed by atoms with Crippen LogP contribution >= 0.6 is 24.0 Å². The lowest BCUT2D eigenvalue weighted by Crippen LogP contribution is -2.42. The Bertz CT molecular complexity index is 781. The molecule has 2 aromatic rings. The molecule has 2 heterocycles. The van der Waals surface area contributed by atoms with Crippen LogP contribution in [0.15, 0.2) is 58.4 Å². The number of rotatable bonds is 7. The number of nitrogens with one attached hydrogen (secondary N) is 2. The van der Waals surface area contributed by atoms with Gasteiger partial charge in [0.1, 0.15) is 11.9 Å². The van der Waals surface area contributed by atoms with E-state index in [1.807, 2.05) is 30.5 Å². The second kappa shape index (κ2) is 11.0. The van der Waals surface area contributed by atoms with Crippen LogP contribution in [0.3, 0.4) is 0 Å². The number of guanidine groups is 1. The number of aryl methyl sites for hydroxylation is 1. The van der Waals surface area contributed by atoms with Crippen molar-refractivity contribution in [1.82, 2.24) is 15.2 Å². The number of ether oxygens (including phenoxy) is 1. The van der Waals surface area contributed by atoms with Crippen molar-refractivity contribution >= 4 is 29.9 Å². The summed E-state index contributed by atoms with van der Waals surface area (Å²) >= 11 is 0. The molecule has 0 saturated carbocycles. The van der Waals surface area contributed by atoms with Gasteiger partial charge in [-0.05, 0) is 30.5 Å². The molecule has 0 spiro atoms. The maximum atomic E-state index is 11.6. The average Bonchev–Trinajstić information content (AvgIpc) is 3.08. The van der Waals surface area contributed by atoms with Crippen molar-refractivity contribution in [2.24, 2.45) is 4.99 Å². The summed E-state index contributed by atoms with van der Waals surface area (Å²) in [6.45, 7) is 2.27. The SMILES string of the molecule is CN=C(NCCCCn1ccccc1=O)NCC1Cc2ccccc2O1.I. The number of unbranched alkanes of at least 4 members (excludes halogenated alkanes) is 1. The molecule has 1 aliphatic rings. The fraction of sp³-hybridized carbons (Fsp3) is 0.400. The van der Waals surface area contributed by atoms with Crippen LogP contribution in [0.5, 0.6) is 5.75 Å². The molecule has 7 heteroatoms. The fourth-order valence-corrected chi connectivity index (χ4v) is 3.06. The Morgan fingerprint density at radius 1 is 1.19 bits per heavy atom. The van der Waals surface area contributed by atoms with Gasteiger partial charge in [-0.3, -0.25) is 9.79 Å². The van der Waals surface area contributed by atoms with E-state index in [1.165, 1.54) is 5.56 Å². The summed E-state index contributed by atoms with van der Waals surface area (Å²) in [6.07, 6.45) is 4.79. The Balaban J connectivity index is 0.00000261. The van der Waals surface area contributed by atoms with Gasteiger partial charge in [0.05, 0.1) is 6.54 Å². The number of aromatic nitrogens is 1. The summed E-state index contributed by atoms with van der Waals surface area (Å²) in [4.78, 5) is 15.9. The Hall–Kier alpha value is -2.03. The molecule has 0 bridgehead atoms. The van der Waals surface area contributed by atoms with E-state index < -0.39 is 0 Å². The summed E-state index contributed by atoms with van der Waals surface area (Å²) < 4.78 is 7.67. The molecule has 1 aromatic heterocycles. The first-order valence-corrected chi connectivity index (χ1v) is 9.11. The average molecular weight is 482 g/mol. The standard InChI is InChI=1S/C20H26N4O2.HI/c1-21-20(22-11-5-7-13-24-12-6-4-10-19(24)25)23-15-17-14-16-8-2-3-9-18(16)26-17;/h2-4,6,8-10,12,17H,5,7,11,13-15H2,1H3,(H2,21,22,23);1H. The molecule has 0 saturated heterocycles. The Labute approximate surface area is 177 Å². The molecule has 146 valence electrons. The minimum Gasteiger partial charge on any atom is -0.488 e. The lowest BCUT2D eigenvalue weighted by molar-refractivity contribution is 0.235. The molecule has 27 heavy (non-hydrogen) atoms. The smallest absolute Gasteiger partial charge is 0.250 e. The van der Waals surface area contributed by atoms with Crippen LogP contribution < -0.4 is 20.9 Å². The highest BCUT2D eigenvalue weighted by molar-refractivity contribution is 14.0. The summed E-state index contributed by atoms with van der Waals surface area (Å²) in [7, 11) is 1.77. The van der Waals surface area contributed by atoms with Gasteiger partial charge >= 0.3 is 0 Å². The van der Waals surface area contributed by atoms with Gasteiger partial charge < -0.3 is 19.9 Å². The number of fused-ring (bicyclic) bond motifs is 1. The number of benzene rings is 1. The van der Waals surface area contributed by atoms with E-state index in [-0.39, 0.29) is 35.6 Å². The van der Waals surface area contributed by atoms with Gasteiger partial charge in [0.2, 0.25) is 5.56 Å². The monoisotopic (exact) mass is 482 g/mol. The third-order valence-electron chi connectivity index (χ3n) is 4.45. The van der Waals surface area contributed by atoms with Gasteiger partial charge in [0.15, 0.2) is 5.96 Å². The molecule has 0 amide bonds. The first kappa shape index (κ1) is 21.3. The number of aliphatic imine (C=N–C) groups is 1. The molecular formula is C20H27IN4O2. The topological polar surface area (TPSA) is 67.7 Å². The van der Waals surface area contributed by atoms with Crippen molar-refractivity contribution in [1.29, 1.82) is 0 Å². The van der Waals surface area contributed by atoms with Gasteiger partial charge in [-0.1, -0.05) is 24.3 Å². The lowest BCUT2D eigenvalue weighted by Gasteiger charge is -2.15. The number of hydrogen-bond donors (Lipinski definition) is 2. The number of hydrogen-bond acceptors (Lipinski definition) is 3. The molecule has 0 aliphatic carbocycles. The highest BCUT2D eigenvalue weighted by Gasteiger charge is 2.22. The maximum Gasteiger partial charge on any atom is 0.250 e. The van der Waals surface area contributed by atoms with Crippen LogP contribution in [0.1, 0.15) is 18.4 Å². The molecule has 1 unspecified atom stereocenters. The van der Waals surface area contributed by atoms with E-state index in [2.05, 4.69) is 21.7 Å². The maximum absolute atomic E-state index is 11.6. The zero-order valence-electron chi connectivity index (χ0n) is 15.6. The molecule has 0 fully saturated rings. The van der Waals surface area contributed by atoms with Crippen molar-refractivity contribution < 1.29 is 4.74 Å². The van der Waals surface area contributed by atoms with Gasteiger partial charge in [-0.15, -0.1) is 24.0 Å². The van der Waals surface area contributed by atoms with Crippen LogP contribution in [0.4, 0.5) is 0 Å². The van der Waals surface area contributed by atoms with Crippen LogP contribution in [0.25, 0.3) is 0 Å². The zero-order valence-corrected chi connectivity index (χ0v) is 17.9. The van der Waals surface area contributed by atoms with Crippen molar-refractivity contribution in [3.63, 3.8) is 0 Å². The Kier molecular flexibility index (Phi) is 8.63. The molecule has 1 aliphatic heterocycles. The normalized spacial score (nSPS) is 15.4. The molecule has 1 aromatic carbocycles. The Morgan fingerprint density at radius 2 is 2.00 bits per heavy atom. The number of pyridine rings is 1. The minimum absolute atomic E-state index is 0. The van der Waals surface area contributed by atoms with Crippen LogP contribution in [-0.2, 0) is 13.0 Å². The molecule has 2 N–H and O–H groups in total. The highest BCUT2D eigenvalue weighted by atomic mass is 127. The Morgan fingerprint density at radius 3 is 2.78 bits per heavy atom. The largest absolute Gasteiger partial charge is 0.488 e. The van der Waals surface area contributed by atoms with Crippen molar-refractivity contribution in [3.05, 3.63) is 64.6 Å². The minimum atomic E-state index is 0. The van der Waals surface area contributed by atoms with Gasteiger partial charge in [0.25, 0.3) is 0 Å². The van der Waals surface area contributed by atoms with E-state index in [9.17, 15) is 4.79 Å². The fourth-order valence-electron chi connectivity index (χ4n) is 3.06. The van der Waals surface area contributed by atoms with E-state index in [0.717, 1.165) is 44.1 Å². The first-order chi connectivity index (χ1) is 12.8. The van der Waals surface area contributed by atoms with E-state index in [4.69, 9.17) is 4.74 Å². The second-order valence-electron chi connectivity index (χ2n) is 6.37. The molecule has 3 rings (SSSR count). The summed E-state index contributed by atoms with van der Waals surface area (Å²) in [6, 6.07) is 13.4. The highest BCUT2D eigenvalue weighted by Crippen LogP contribution is 2.27. The predicted molar refractivity (Wildman–Crippen MR) is 119 cm³/mol. The number of nitrogens with zero attached hydrogens (tertiary/aromatic N) is 2. The third kappa shape index (κ3) is 6.27. The number of para-hydroxylation sites is 1. The quantitative estimate of drug-likeness (QED) is 0.276. The number of halogens is 1. The predicted octanol–water partition coefficient (Wildman–Crippen LogP) is 2.42. The van der Waals surface area contributed by atoms with Gasteiger partial charge in [-0.25, -0.2) is 0 Å². The van der Waals surface area contributed by atoms with E-state index >= 15 is 0 Å². The third-order valence-corrected chi connectivity index (χ3v) is 4.45. The summed E-state index contributed by atoms with van der Waals surface area (Å²) in [5, 5.41) is 6.63. The van der Waals surface area contributed by atoms with E-state index in [0.29, 0.717) is 6.54 Å². The van der Waals surface area contributed by atoms with Crippen molar-refractivity contribution in [2.75, 3.05) is 20.1 Å². The molecule has 6 nitrogen and oxygen atoms in total.